The number of aliphatic hydroxyl groups excluding tert-OH is 1. The number of unbranched alkanes of at least 4 members (excludes halogenated alkanes) is 3. The van der Waals surface area contributed by atoms with Crippen LogP contribution in [0.5, 0.6) is 0 Å². The Morgan fingerprint density at radius 3 is 2.64 bits per heavy atom. The van der Waals surface area contributed by atoms with E-state index in [1.807, 2.05) is 0 Å². The minimum atomic E-state index is 0.328. The largest absolute Gasteiger partial charge is 0.396 e. The van der Waals surface area contributed by atoms with Crippen molar-refractivity contribution in [1.82, 2.24) is 5.32 Å². The van der Waals surface area contributed by atoms with Crippen LogP contribution in [0.2, 0.25) is 0 Å². The molecule has 126 valence electrons. The SMILES string of the molecule is CCC/C=C\CC/C=C/C=C/C1CCCC(CCCCO)N1. The molecular formula is C20H35NO. The molecule has 0 aliphatic carbocycles. The Morgan fingerprint density at radius 2 is 1.82 bits per heavy atom. The van der Waals surface area contributed by atoms with Crippen molar-refractivity contribution in [3.63, 3.8) is 0 Å². The molecule has 2 nitrogen and oxygen atoms in total. The molecule has 1 fully saturated rings. The molecule has 22 heavy (non-hydrogen) atoms. The van der Waals surface area contributed by atoms with Crippen LogP contribution in [0.15, 0.2) is 36.5 Å². The number of hydrogen-bond donors (Lipinski definition) is 2. The highest BCUT2D eigenvalue weighted by Gasteiger charge is 2.18. The lowest BCUT2D eigenvalue weighted by atomic mass is 9.95. The number of aliphatic hydroxyl groups is 1. The van der Waals surface area contributed by atoms with Gasteiger partial charge in [0.15, 0.2) is 0 Å². The van der Waals surface area contributed by atoms with Gasteiger partial charge in [-0.2, -0.15) is 0 Å². The van der Waals surface area contributed by atoms with Crippen molar-refractivity contribution in [2.75, 3.05) is 6.61 Å². The van der Waals surface area contributed by atoms with Crippen LogP contribution in [-0.2, 0) is 0 Å². The molecule has 0 bridgehead atoms. The summed E-state index contributed by atoms with van der Waals surface area (Å²) in [5.74, 6) is 0. The highest BCUT2D eigenvalue weighted by Crippen LogP contribution is 2.17. The average molecular weight is 306 g/mol. The standard InChI is InChI=1S/C20H35NO/c1-2-3-4-5-6-7-8-9-10-14-19-16-13-17-20(21-19)15-11-12-18-22/h4-5,8-10,14,19-22H,2-3,6-7,11-13,15-18H2,1H3/b5-4-,9-8+,14-10+. The van der Waals surface area contributed by atoms with Crippen molar-refractivity contribution in [3.8, 4) is 0 Å². The van der Waals surface area contributed by atoms with Crippen LogP contribution in [0, 0.1) is 0 Å². The molecule has 1 heterocycles. The van der Waals surface area contributed by atoms with Gasteiger partial charge in [-0.3, -0.25) is 0 Å². The van der Waals surface area contributed by atoms with Crippen LogP contribution < -0.4 is 5.32 Å². The molecular weight excluding hydrogens is 270 g/mol. The first-order chi connectivity index (χ1) is 10.9. The molecule has 0 aromatic rings. The van der Waals surface area contributed by atoms with E-state index >= 15 is 0 Å². The lowest BCUT2D eigenvalue weighted by Crippen LogP contribution is -2.41. The zero-order valence-electron chi connectivity index (χ0n) is 14.3. The van der Waals surface area contributed by atoms with Crippen molar-refractivity contribution >= 4 is 0 Å². The predicted molar refractivity (Wildman–Crippen MR) is 97.1 cm³/mol. The summed E-state index contributed by atoms with van der Waals surface area (Å²) in [6.45, 7) is 2.54. The molecule has 2 unspecified atom stereocenters. The van der Waals surface area contributed by atoms with E-state index in [4.69, 9.17) is 5.11 Å². The maximum absolute atomic E-state index is 8.85. The van der Waals surface area contributed by atoms with E-state index in [0.717, 1.165) is 25.7 Å². The van der Waals surface area contributed by atoms with Gasteiger partial charge < -0.3 is 10.4 Å². The quantitative estimate of drug-likeness (QED) is 0.323. The van der Waals surface area contributed by atoms with Crippen molar-refractivity contribution < 1.29 is 5.11 Å². The lowest BCUT2D eigenvalue weighted by Gasteiger charge is -2.29. The Balaban J connectivity index is 2.13. The van der Waals surface area contributed by atoms with Gasteiger partial charge in [-0.15, -0.1) is 0 Å². The van der Waals surface area contributed by atoms with Crippen LogP contribution >= 0.6 is 0 Å². The Kier molecular flexibility index (Phi) is 12.0. The third kappa shape index (κ3) is 9.97. The van der Waals surface area contributed by atoms with Crippen molar-refractivity contribution in [1.29, 1.82) is 0 Å². The summed E-state index contributed by atoms with van der Waals surface area (Å²) in [6, 6.07) is 1.17. The van der Waals surface area contributed by atoms with Gasteiger partial charge in [-0.05, 0) is 51.4 Å². The monoisotopic (exact) mass is 305 g/mol. The fraction of sp³-hybridized carbons (Fsp3) is 0.700. The summed E-state index contributed by atoms with van der Waals surface area (Å²) in [7, 11) is 0. The van der Waals surface area contributed by atoms with E-state index in [9.17, 15) is 0 Å². The van der Waals surface area contributed by atoms with E-state index in [1.54, 1.807) is 0 Å². The molecule has 0 amide bonds. The molecule has 1 saturated heterocycles. The Hall–Kier alpha value is -0.860. The van der Waals surface area contributed by atoms with Gasteiger partial charge in [0.05, 0.1) is 0 Å². The zero-order valence-corrected chi connectivity index (χ0v) is 14.3. The number of rotatable bonds is 11. The fourth-order valence-corrected chi connectivity index (χ4v) is 2.90. The van der Waals surface area contributed by atoms with E-state index in [0.29, 0.717) is 18.7 Å². The fourth-order valence-electron chi connectivity index (χ4n) is 2.90. The van der Waals surface area contributed by atoms with Crippen LogP contribution in [0.3, 0.4) is 0 Å². The summed E-state index contributed by atoms with van der Waals surface area (Å²) < 4.78 is 0. The van der Waals surface area contributed by atoms with Gasteiger partial charge in [0.25, 0.3) is 0 Å². The topological polar surface area (TPSA) is 32.3 Å². The summed E-state index contributed by atoms with van der Waals surface area (Å²) in [6.07, 6.45) is 25.4. The first-order valence-corrected chi connectivity index (χ1v) is 9.22. The zero-order chi connectivity index (χ0) is 15.9. The predicted octanol–water partition coefficient (Wildman–Crippen LogP) is 4.91. The first-order valence-electron chi connectivity index (χ1n) is 9.22. The molecule has 0 spiro atoms. The Morgan fingerprint density at radius 1 is 1.00 bits per heavy atom. The number of nitrogens with one attached hydrogen (secondary N) is 1. The van der Waals surface area contributed by atoms with Gasteiger partial charge in [-0.1, -0.05) is 56.2 Å². The van der Waals surface area contributed by atoms with Crippen molar-refractivity contribution in [3.05, 3.63) is 36.5 Å². The van der Waals surface area contributed by atoms with Crippen LogP contribution in [0.4, 0.5) is 0 Å². The minimum absolute atomic E-state index is 0.328. The number of piperidine rings is 1. The third-order valence-corrected chi connectivity index (χ3v) is 4.19. The maximum atomic E-state index is 8.85. The highest BCUT2D eigenvalue weighted by molar-refractivity contribution is 5.07. The lowest BCUT2D eigenvalue weighted by molar-refractivity contribution is 0.271. The third-order valence-electron chi connectivity index (χ3n) is 4.19. The molecule has 2 atom stereocenters. The molecule has 0 saturated carbocycles. The van der Waals surface area contributed by atoms with Crippen molar-refractivity contribution in [2.24, 2.45) is 0 Å². The second-order valence-corrected chi connectivity index (χ2v) is 6.27. The molecule has 2 heteroatoms. The van der Waals surface area contributed by atoms with E-state index in [-0.39, 0.29) is 0 Å². The summed E-state index contributed by atoms with van der Waals surface area (Å²) in [5, 5.41) is 12.6. The normalized spacial score (nSPS) is 23.2. The summed E-state index contributed by atoms with van der Waals surface area (Å²) in [5.41, 5.74) is 0. The summed E-state index contributed by atoms with van der Waals surface area (Å²) >= 11 is 0. The second kappa shape index (κ2) is 13.8. The van der Waals surface area contributed by atoms with Gasteiger partial charge in [0.2, 0.25) is 0 Å². The highest BCUT2D eigenvalue weighted by atomic mass is 16.2. The molecule has 1 aliphatic heterocycles. The van der Waals surface area contributed by atoms with Gasteiger partial charge in [0.1, 0.15) is 0 Å². The molecule has 0 aromatic carbocycles. The molecule has 1 rings (SSSR count). The minimum Gasteiger partial charge on any atom is -0.396 e. The molecule has 0 radical (unpaired) electrons. The smallest absolute Gasteiger partial charge is 0.0431 e. The Labute approximate surface area is 137 Å². The van der Waals surface area contributed by atoms with Crippen LogP contribution in [0.1, 0.15) is 71.1 Å². The van der Waals surface area contributed by atoms with Crippen LogP contribution in [0.25, 0.3) is 0 Å². The van der Waals surface area contributed by atoms with Gasteiger partial charge in [-0.25, -0.2) is 0 Å². The number of hydrogen-bond acceptors (Lipinski definition) is 2. The molecule has 2 N–H and O–H groups in total. The Bertz CT molecular complexity index is 333. The van der Waals surface area contributed by atoms with Crippen molar-refractivity contribution in [2.45, 2.75) is 83.2 Å². The summed E-state index contributed by atoms with van der Waals surface area (Å²) in [4.78, 5) is 0. The van der Waals surface area contributed by atoms with E-state index in [2.05, 4.69) is 48.7 Å². The van der Waals surface area contributed by atoms with Crippen LogP contribution in [-0.4, -0.2) is 23.8 Å². The maximum Gasteiger partial charge on any atom is 0.0431 e. The second-order valence-electron chi connectivity index (χ2n) is 6.27. The average Bonchev–Trinajstić information content (AvgIpc) is 2.54. The van der Waals surface area contributed by atoms with E-state index < -0.39 is 0 Å². The van der Waals surface area contributed by atoms with Gasteiger partial charge in [0, 0.05) is 18.7 Å². The van der Waals surface area contributed by atoms with E-state index in [1.165, 1.54) is 38.5 Å². The van der Waals surface area contributed by atoms with Gasteiger partial charge >= 0.3 is 0 Å². The molecule has 1 aliphatic rings. The number of allylic oxidation sites excluding steroid dienone is 5. The first kappa shape index (κ1) is 19.2. The molecule has 0 aromatic heterocycles.